The van der Waals surface area contributed by atoms with Gasteiger partial charge in [-0.05, 0) is 30.5 Å². The fourth-order valence-electron chi connectivity index (χ4n) is 5.31. The number of rotatable bonds is 5. The normalized spacial score (nSPS) is 18.7. The molecule has 2 aliphatic heterocycles. The molecule has 224 valence electrons. The number of likely N-dealkylation sites (tertiary alicyclic amines) is 1. The number of H-pyrrole nitrogens is 1. The zero-order valence-corrected chi connectivity index (χ0v) is 22.5. The number of ether oxygens (including phenoxy) is 1. The first-order valence-electron chi connectivity index (χ1n) is 13.5. The van der Waals surface area contributed by atoms with E-state index in [1.165, 1.54) is 4.90 Å². The third-order valence-corrected chi connectivity index (χ3v) is 7.39. The Balaban J connectivity index is 1.24. The van der Waals surface area contributed by atoms with Crippen molar-refractivity contribution < 1.29 is 32.3 Å². The number of alkyl halides is 3. The number of hydrogen-bond acceptors (Lipinski definition) is 6. The topological polar surface area (TPSA) is 133 Å². The fourth-order valence-corrected chi connectivity index (χ4v) is 5.31. The van der Waals surface area contributed by atoms with Gasteiger partial charge in [0.1, 0.15) is 19.2 Å². The Hall–Kier alpha value is -4.56. The quantitative estimate of drug-likeness (QED) is 0.470. The highest BCUT2D eigenvalue weighted by atomic mass is 19.4. The largest absolute Gasteiger partial charge is 0.445 e. The molecule has 2 saturated heterocycles. The van der Waals surface area contributed by atoms with Crippen molar-refractivity contribution in [2.45, 2.75) is 37.7 Å². The summed E-state index contributed by atoms with van der Waals surface area (Å²) in [5.41, 5.74) is 1.53. The second kappa shape index (κ2) is 12.1. The van der Waals surface area contributed by atoms with Crippen LogP contribution in [0.25, 0.3) is 11.2 Å². The summed E-state index contributed by atoms with van der Waals surface area (Å²) in [5, 5.41) is 2.54. The van der Waals surface area contributed by atoms with E-state index < -0.39 is 36.8 Å². The standard InChI is InChI=1S/C27H30F3N7O5/c28-27(29,30)17-36-14-13-35(26(41)42-16-18-5-2-1-3-6-18)15-20(23(36)38)32-24(39)34-11-8-19(9-12-34)37-21-7-4-10-31-22(21)33-25(37)40/h1-7,10,19-20H,8-9,11-17H2,(H,32,39)(H,31,33,40). The molecule has 2 N–H and O–H groups in total. The summed E-state index contributed by atoms with van der Waals surface area (Å²) in [6.45, 7) is -1.99. The minimum atomic E-state index is -4.66. The highest BCUT2D eigenvalue weighted by molar-refractivity contribution is 5.88. The van der Waals surface area contributed by atoms with Gasteiger partial charge in [0.05, 0.1) is 12.1 Å². The number of carbonyl (C=O) groups is 3. The first-order valence-corrected chi connectivity index (χ1v) is 13.5. The maximum Gasteiger partial charge on any atom is 0.410 e. The second-order valence-electron chi connectivity index (χ2n) is 10.3. The average molecular weight is 590 g/mol. The van der Waals surface area contributed by atoms with Crippen molar-refractivity contribution in [2.24, 2.45) is 0 Å². The van der Waals surface area contributed by atoms with Gasteiger partial charge in [0.2, 0.25) is 5.91 Å². The van der Waals surface area contributed by atoms with Gasteiger partial charge in [0.25, 0.3) is 0 Å². The average Bonchev–Trinajstić information content (AvgIpc) is 3.24. The summed E-state index contributed by atoms with van der Waals surface area (Å²) in [7, 11) is 0. The Morgan fingerprint density at radius 2 is 1.74 bits per heavy atom. The number of piperidine rings is 1. The summed E-state index contributed by atoms with van der Waals surface area (Å²) in [4.78, 5) is 61.7. The van der Waals surface area contributed by atoms with Crippen LogP contribution in [0.15, 0.2) is 53.5 Å². The third kappa shape index (κ3) is 6.66. The maximum absolute atomic E-state index is 13.2. The van der Waals surface area contributed by atoms with E-state index in [2.05, 4.69) is 15.3 Å². The summed E-state index contributed by atoms with van der Waals surface area (Å²) >= 11 is 0. The molecule has 4 heterocycles. The number of aromatic nitrogens is 3. The number of imidazole rings is 1. The Bertz CT molecular complexity index is 1480. The Morgan fingerprint density at radius 1 is 1.00 bits per heavy atom. The minimum absolute atomic E-state index is 0.0576. The molecule has 0 bridgehead atoms. The van der Waals surface area contributed by atoms with E-state index in [1.807, 2.05) is 0 Å². The second-order valence-corrected chi connectivity index (χ2v) is 10.3. The molecule has 4 amide bonds. The molecule has 5 rings (SSSR count). The number of amides is 4. The molecule has 0 spiro atoms. The van der Waals surface area contributed by atoms with Crippen molar-refractivity contribution in [3.8, 4) is 0 Å². The Morgan fingerprint density at radius 3 is 2.45 bits per heavy atom. The highest BCUT2D eigenvalue weighted by Gasteiger charge is 2.40. The lowest BCUT2D eigenvalue weighted by atomic mass is 10.0. The van der Waals surface area contributed by atoms with Gasteiger partial charge in [-0.15, -0.1) is 0 Å². The van der Waals surface area contributed by atoms with Gasteiger partial charge in [-0.1, -0.05) is 30.3 Å². The molecule has 2 fully saturated rings. The summed E-state index contributed by atoms with van der Waals surface area (Å²) in [6, 6.07) is 10.1. The summed E-state index contributed by atoms with van der Waals surface area (Å²) in [5.74, 6) is -0.938. The van der Waals surface area contributed by atoms with Crippen LogP contribution in [0.4, 0.5) is 22.8 Å². The van der Waals surface area contributed by atoms with Crippen LogP contribution < -0.4 is 11.0 Å². The van der Waals surface area contributed by atoms with E-state index in [1.54, 1.807) is 53.2 Å². The van der Waals surface area contributed by atoms with E-state index in [-0.39, 0.29) is 51.1 Å². The number of nitrogens with one attached hydrogen (secondary N) is 2. The lowest BCUT2D eigenvalue weighted by Gasteiger charge is -2.34. The van der Waals surface area contributed by atoms with Crippen molar-refractivity contribution >= 4 is 29.2 Å². The lowest BCUT2D eigenvalue weighted by molar-refractivity contribution is -0.161. The fraction of sp³-hybridized carbons (Fsp3) is 0.444. The number of urea groups is 1. The maximum atomic E-state index is 13.2. The molecular formula is C27H30F3N7O5. The SMILES string of the molecule is O=C(NC1CN(C(=O)OCc2ccccc2)CCN(CC(F)(F)F)C1=O)N1CCC(n2c(=O)[nH]c3ncccc32)CC1. The van der Waals surface area contributed by atoms with Gasteiger partial charge >= 0.3 is 24.0 Å². The third-order valence-electron chi connectivity index (χ3n) is 7.39. The molecular weight excluding hydrogens is 559 g/mol. The first kappa shape index (κ1) is 29.0. The smallest absolute Gasteiger partial charge is 0.410 e. The van der Waals surface area contributed by atoms with Crippen molar-refractivity contribution in [1.82, 2.24) is 34.6 Å². The molecule has 0 aliphatic carbocycles. The zero-order valence-electron chi connectivity index (χ0n) is 22.5. The molecule has 0 saturated carbocycles. The van der Waals surface area contributed by atoms with E-state index in [0.29, 0.717) is 28.9 Å². The van der Waals surface area contributed by atoms with Gasteiger partial charge in [-0.25, -0.2) is 19.4 Å². The molecule has 42 heavy (non-hydrogen) atoms. The van der Waals surface area contributed by atoms with Gasteiger partial charge in [-0.2, -0.15) is 13.2 Å². The molecule has 1 aromatic carbocycles. The van der Waals surface area contributed by atoms with E-state index in [4.69, 9.17) is 4.74 Å². The number of hydrogen-bond donors (Lipinski definition) is 2. The van der Waals surface area contributed by atoms with Gasteiger partial charge in [0, 0.05) is 38.4 Å². The van der Waals surface area contributed by atoms with Crippen molar-refractivity contribution in [1.29, 1.82) is 0 Å². The number of nitrogens with zero attached hydrogens (tertiary/aromatic N) is 5. The number of pyridine rings is 1. The number of aromatic amines is 1. The molecule has 1 atom stereocenters. The number of benzene rings is 1. The van der Waals surface area contributed by atoms with Crippen LogP contribution >= 0.6 is 0 Å². The molecule has 1 unspecified atom stereocenters. The van der Waals surface area contributed by atoms with Crippen LogP contribution in [-0.4, -0.2) is 98.8 Å². The molecule has 2 aromatic heterocycles. The minimum Gasteiger partial charge on any atom is -0.445 e. The van der Waals surface area contributed by atoms with E-state index in [0.717, 1.165) is 10.5 Å². The Kier molecular flexibility index (Phi) is 8.36. The Labute approximate surface area is 238 Å². The highest BCUT2D eigenvalue weighted by Crippen LogP contribution is 2.25. The van der Waals surface area contributed by atoms with Crippen molar-refractivity contribution in [3.05, 3.63) is 64.7 Å². The number of fused-ring (bicyclic) bond motifs is 1. The van der Waals surface area contributed by atoms with E-state index in [9.17, 15) is 32.3 Å². The van der Waals surface area contributed by atoms with Crippen LogP contribution in [0.3, 0.4) is 0 Å². The number of halogens is 3. The molecule has 0 radical (unpaired) electrons. The van der Waals surface area contributed by atoms with Crippen LogP contribution in [0.2, 0.25) is 0 Å². The van der Waals surface area contributed by atoms with Gasteiger partial charge in [0.15, 0.2) is 5.65 Å². The summed E-state index contributed by atoms with van der Waals surface area (Å²) in [6.07, 6.45) is -3.02. The molecule has 2 aliphatic rings. The zero-order chi connectivity index (χ0) is 29.9. The van der Waals surface area contributed by atoms with Gasteiger partial charge < -0.3 is 24.8 Å². The monoisotopic (exact) mass is 589 g/mol. The molecule has 15 heteroatoms. The first-order chi connectivity index (χ1) is 20.1. The number of carbonyl (C=O) groups excluding carboxylic acids is 3. The molecule has 3 aromatic rings. The van der Waals surface area contributed by atoms with Crippen molar-refractivity contribution in [2.75, 3.05) is 39.3 Å². The van der Waals surface area contributed by atoms with Crippen LogP contribution in [0, 0.1) is 0 Å². The van der Waals surface area contributed by atoms with Crippen LogP contribution in [0.5, 0.6) is 0 Å². The van der Waals surface area contributed by atoms with Crippen molar-refractivity contribution in [3.63, 3.8) is 0 Å². The summed E-state index contributed by atoms with van der Waals surface area (Å²) < 4.78 is 46.7. The lowest BCUT2D eigenvalue weighted by Crippen LogP contribution is -2.56. The van der Waals surface area contributed by atoms with Crippen LogP contribution in [-0.2, 0) is 16.1 Å². The van der Waals surface area contributed by atoms with Crippen LogP contribution in [0.1, 0.15) is 24.4 Å². The molecule has 12 nitrogen and oxygen atoms in total. The van der Waals surface area contributed by atoms with Gasteiger partial charge in [-0.3, -0.25) is 14.3 Å². The predicted octanol–water partition coefficient (Wildman–Crippen LogP) is 2.48. The predicted molar refractivity (Wildman–Crippen MR) is 143 cm³/mol. The van der Waals surface area contributed by atoms with E-state index >= 15 is 0 Å².